The van der Waals surface area contributed by atoms with Crippen molar-refractivity contribution in [1.82, 2.24) is 5.32 Å². The molecule has 1 aromatic rings. The number of amides is 1. The second-order valence-corrected chi connectivity index (χ2v) is 6.32. The molecule has 0 atom stereocenters. The number of nitrogens with one attached hydrogen (secondary N) is 1. The molecule has 0 bridgehead atoms. The molecule has 106 valence electrons. The second kappa shape index (κ2) is 6.91. The van der Waals surface area contributed by atoms with E-state index in [1.807, 2.05) is 0 Å². The van der Waals surface area contributed by atoms with Crippen molar-refractivity contribution in [3.8, 4) is 0 Å². The number of benzene rings is 1. The summed E-state index contributed by atoms with van der Waals surface area (Å²) in [5.74, 6) is -0.170. The number of anilines is 1. The summed E-state index contributed by atoms with van der Waals surface area (Å²) in [4.78, 5) is 12.1. The molecule has 1 amide bonds. The van der Waals surface area contributed by atoms with Crippen molar-refractivity contribution in [2.24, 2.45) is 5.41 Å². The van der Waals surface area contributed by atoms with Crippen LogP contribution in [0.1, 0.15) is 37.0 Å². The van der Waals surface area contributed by atoms with Gasteiger partial charge >= 0.3 is 0 Å². The number of nitrogen functional groups attached to an aromatic ring is 1. The predicted octanol–water partition coefficient (Wildman–Crippen LogP) is 2.56. The molecule has 0 aliphatic carbocycles. The molecule has 4 nitrogen and oxygen atoms in total. The average molecular weight is 329 g/mol. The van der Waals surface area contributed by atoms with Gasteiger partial charge in [0.1, 0.15) is 0 Å². The summed E-state index contributed by atoms with van der Waals surface area (Å²) >= 11 is 3.33. The highest BCUT2D eigenvalue weighted by Crippen LogP contribution is 2.22. The second-order valence-electron chi connectivity index (χ2n) is 5.41. The van der Waals surface area contributed by atoms with E-state index in [2.05, 4.69) is 35.1 Å². The number of hydrogen-bond donors (Lipinski definition) is 3. The van der Waals surface area contributed by atoms with E-state index in [1.54, 1.807) is 18.2 Å². The zero-order valence-electron chi connectivity index (χ0n) is 11.4. The average Bonchev–Trinajstić information content (AvgIpc) is 2.36. The summed E-state index contributed by atoms with van der Waals surface area (Å²) in [6.45, 7) is 4.86. The number of halogens is 1. The molecular formula is C14H21BrN2O2. The zero-order chi connectivity index (χ0) is 14.5. The van der Waals surface area contributed by atoms with Gasteiger partial charge in [0, 0.05) is 23.3 Å². The van der Waals surface area contributed by atoms with E-state index < -0.39 is 0 Å². The van der Waals surface area contributed by atoms with Gasteiger partial charge in [0.15, 0.2) is 0 Å². The van der Waals surface area contributed by atoms with E-state index in [9.17, 15) is 4.79 Å². The number of carbonyl (C=O) groups excluding carboxylic acids is 1. The molecule has 5 heteroatoms. The van der Waals surface area contributed by atoms with Gasteiger partial charge in [0.25, 0.3) is 5.91 Å². The Hall–Kier alpha value is -1.07. The van der Waals surface area contributed by atoms with Gasteiger partial charge in [0.05, 0.1) is 5.56 Å². The molecule has 0 saturated carbocycles. The first-order valence-corrected chi connectivity index (χ1v) is 7.09. The Balaban J connectivity index is 2.62. The molecule has 1 aromatic carbocycles. The molecule has 4 N–H and O–H groups in total. The summed E-state index contributed by atoms with van der Waals surface area (Å²) in [5, 5.41) is 11.7. The van der Waals surface area contributed by atoms with Crippen LogP contribution in [0.4, 0.5) is 5.69 Å². The van der Waals surface area contributed by atoms with Gasteiger partial charge in [-0.25, -0.2) is 0 Å². The van der Waals surface area contributed by atoms with E-state index in [0.29, 0.717) is 17.8 Å². The highest BCUT2D eigenvalue weighted by molar-refractivity contribution is 9.10. The SMILES string of the molecule is CC(C)(CCCO)CNC(=O)c1cc(Br)ccc1N. The Bertz CT molecular complexity index is 447. The molecule has 0 aliphatic heterocycles. The van der Waals surface area contributed by atoms with Crippen LogP contribution in [0.15, 0.2) is 22.7 Å². The van der Waals surface area contributed by atoms with Crippen LogP contribution in [0.5, 0.6) is 0 Å². The third-order valence-corrected chi connectivity index (χ3v) is 3.49. The minimum atomic E-state index is -0.170. The predicted molar refractivity (Wildman–Crippen MR) is 81.0 cm³/mol. The van der Waals surface area contributed by atoms with Gasteiger partial charge in [-0.15, -0.1) is 0 Å². The Labute approximate surface area is 122 Å². The number of carbonyl (C=O) groups is 1. The van der Waals surface area contributed by atoms with Crippen LogP contribution in [0, 0.1) is 5.41 Å². The van der Waals surface area contributed by atoms with Crippen LogP contribution in [-0.2, 0) is 0 Å². The summed E-state index contributed by atoms with van der Waals surface area (Å²) in [6.07, 6.45) is 1.60. The van der Waals surface area contributed by atoms with Crippen molar-refractivity contribution in [3.05, 3.63) is 28.2 Å². The van der Waals surface area contributed by atoms with Crippen LogP contribution < -0.4 is 11.1 Å². The topological polar surface area (TPSA) is 75.3 Å². The zero-order valence-corrected chi connectivity index (χ0v) is 13.0. The fraction of sp³-hybridized carbons (Fsp3) is 0.500. The molecule has 0 aromatic heterocycles. The molecule has 1 rings (SSSR count). The Kier molecular flexibility index (Phi) is 5.82. The molecule has 0 fully saturated rings. The number of rotatable bonds is 6. The lowest BCUT2D eigenvalue weighted by molar-refractivity contribution is 0.0934. The van der Waals surface area contributed by atoms with Crippen molar-refractivity contribution >= 4 is 27.5 Å². The third kappa shape index (κ3) is 5.20. The van der Waals surface area contributed by atoms with E-state index in [1.165, 1.54) is 0 Å². The molecule has 0 unspecified atom stereocenters. The molecular weight excluding hydrogens is 308 g/mol. The van der Waals surface area contributed by atoms with Crippen LogP contribution in [0.25, 0.3) is 0 Å². The Morgan fingerprint density at radius 2 is 2.16 bits per heavy atom. The van der Waals surface area contributed by atoms with Gasteiger partial charge in [-0.3, -0.25) is 4.79 Å². The highest BCUT2D eigenvalue weighted by atomic mass is 79.9. The number of nitrogens with two attached hydrogens (primary N) is 1. The van der Waals surface area contributed by atoms with Gasteiger partial charge in [-0.2, -0.15) is 0 Å². The lowest BCUT2D eigenvalue weighted by Gasteiger charge is -2.24. The number of hydrogen-bond acceptors (Lipinski definition) is 3. The van der Waals surface area contributed by atoms with Crippen molar-refractivity contribution < 1.29 is 9.90 Å². The first kappa shape index (κ1) is 16.0. The summed E-state index contributed by atoms with van der Waals surface area (Å²) in [6, 6.07) is 5.22. The van der Waals surface area contributed by atoms with E-state index in [4.69, 9.17) is 10.8 Å². The first-order chi connectivity index (χ1) is 8.85. The normalized spacial score (nSPS) is 11.4. The lowest BCUT2D eigenvalue weighted by atomic mass is 9.88. The minimum Gasteiger partial charge on any atom is -0.398 e. The smallest absolute Gasteiger partial charge is 0.253 e. The largest absolute Gasteiger partial charge is 0.398 e. The van der Waals surface area contributed by atoms with E-state index >= 15 is 0 Å². The van der Waals surface area contributed by atoms with Crippen molar-refractivity contribution in [2.45, 2.75) is 26.7 Å². The molecule has 0 radical (unpaired) electrons. The fourth-order valence-corrected chi connectivity index (χ4v) is 2.15. The minimum absolute atomic E-state index is 0.0425. The molecule has 0 saturated heterocycles. The maximum atomic E-state index is 12.1. The number of aliphatic hydroxyl groups is 1. The summed E-state index contributed by atoms with van der Waals surface area (Å²) < 4.78 is 0.825. The van der Waals surface area contributed by atoms with Crippen molar-refractivity contribution in [1.29, 1.82) is 0 Å². The van der Waals surface area contributed by atoms with Crippen LogP contribution in [-0.4, -0.2) is 24.2 Å². The van der Waals surface area contributed by atoms with E-state index in [0.717, 1.165) is 17.3 Å². The Morgan fingerprint density at radius 1 is 1.47 bits per heavy atom. The highest BCUT2D eigenvalue weighted by Gasteiger charge is 2.19. The molecule has 19 heavy (non-hydrogen) atoms. The maximum absolute atomic E-state index is 12.1. The number of aliphatic hydroxyl groups excluding tert-OH is 1. The monoisotopic (exact) mass is 328 g/mol. The fourth-order valence-electron chi connectivity index (χ4n) is 1.79. The lowest BCUT2D eigenvalue weighted by Crippen LogP contribution is -2.34. The standard InChI is InChI=1S/C14H21BrN2O2/c1-14(2,6-3-7-18)9-17-13(19)11-8-10(15)4-5-12(11)16/h4-5,8,18H,3,6-7,9,16H2,1-2H3,(H,17,19). The molecule has 0 aliphatic rings. The van der Waals surface area contributed by atoms with Crippen LogP contribution in [0.3, 0.4) is 0 Å². The van der Waals surface area contributed by atoms with Crippen LogP contribution in [0.2, 0.25) is 0 Å². The van der Waals surface area contributed by atoms with Gasteiger partial charge in [-0.1, -0.05) is 29.8 Å². The van der Waals surface area contributed by atoms with Gasteiger partial charge < -0.3 is 16.2 Å². The van der Waals surface area contributed by atoms with Crippen molar-refractivity contribution in [3.63, 3.8) is 0 Å². The summed E-state index contributed by atoms with van der Waals surface area (Å²) in [7, 11) is 0. The van der Waals surface area contributed by atoms with Gasteiger partial charge in [0.2, 0.25) is 0 Å². The Morgan fingerprint density at radius 3 is 2.79 bits per heavy atom. The first-order valence-electron chi connectivity index (χ1n) is 6.30. The molecule has 0 spiro atoms. The van der Waals surface area contributed by atoms with Gasteiger partial charge in [-0.05, 0) is 36.5 Å². The van der Waals surface area contributed by atoms with Crippen molar-refractivity contribution in [2.75, 3.05) is 18.9 Å². The quantitative estimate of drug-likeness (QED) is 0.702. The van der Waals surface area contributed by atoms with Crippen LogP contribution >= 0.6 is 15.9 Å². The third-order valence-electron chi connectivity index (χ3n) is 3.00. The molecule has 0 heterocycles. The summed E-state index contributed by atoms with van der Waals surface area (Å²) in [5.41, 5.74) is 6.70. The maximum Gasteiger partial charge on any atom is 0.253 e. The van der Waals surface area contributed by atoms with E-state index in [-0.39, 0.29) is 17.9 Å².